The predicted molar refractivity (Wildman–Crippen MR) is 84.5 cm³/mol. The van der Waals surface area contributed by atoms with Gasteiger partial charge in [0.25, 0.3) is 5.91 Å². The number of benzene rings is 2. The van der Waals surface area contributed by atoms with Crippen molar-refractivity contribution in [1.29, 1.82) is 0 Å². The topological polar surface area (TPSA) is 29.1 Å². The molecule has 0 aliphatic rings. The molecule has 104 valence electrons. The monoisotopic (exact) mass is 267 g/mol. The summed E-state index contributed by atoms with van der Waals surface area (Å²) in [6.45, 7) is 10.1. The minimum atomic E-state index is -0.0423. The van der Waals surface area contributed by atoms with Crippen LogP contribution < -0.4 is 5.32 Å². The minimum Gasteiger partial charge on any atom is -0.322 e. The number of hydrogen-bond acceptors (Lipinski definition) is 1. The third-order valence-electron chi connectivity index (χ3n) is 3.73. The summed E-state index contributed by atoms with van der Waals surface area (Å²) < 4.78 is 0. The maximum absolute atomic E-state index is 12.5. The fraction of sp³-hybridized carbons (Fsp3) is 0.278. The average molecular weight is 267 g/mol. The van der Waals surface area contributed by atoms with Crippen LogP contribution in [0, 0.1) is 34.6 Å². The Hall–Kier alpha value is -2.09. The highest BCUT2D eigenvalue weighted by Crippen LogP contribution is 2.20. The molecule has 0 aliphatic heterocycles. The number of hydrogen-bond donors (Lipinski definition) is 1. The van der Waals surface area contributed by atoms with Gasteiger partial charge < -0.3 is 5.32 Å². The second-order valence-electron chi connectivity index (χ2n) is 5.52. The molecule has 2 heteroatoms. The summed E-state index contributed by atoms with van der Waals surface area (Å²) in [4.78, 5) is 12.5. The van der Waals surface area contributed by atoms with E-state index in [-0.39, 0.29) is 5.91 Å². The molecule has 0 atom stereocenters. The first-order valence-electron chi connectivity index (χ1n) is 6.85. The van der Waals surface area contributed by atoms with Crippen LogP contribution in [0.3, 0.4) is 0 Å². The van der Waals surface area contributed by atoms with Crippen LogP contribution in [0.5, 0.6) is 0 Å². The zero-order chi connectivity index (χ0) is 14.9. The van der Waals surface area contributed by atoms with E-state index in [1.54, 1.807) is 0 Å². The molecule has 0 spiro atoms. The molecule has 20 heavy (non-hydrogen) atoms. The van der Waals surface area contributed by atoms with Gasteiger partial charge in [-0.15, -0.1) is 0 Å². The summed E-state index contributed by atoms with van der Waals surface area (Å²) in [5.41, 5.74) is 7.21. The molecule has 2 nitrogen and oxygen atoms in total. The fourth-order valence-electron chi connectivity index (χ4n) is 2.27. The molecule has 0 aliphatic carbocycles. The van der Waals surface area contributed by atoms with E-state index in [0.717, 1.165) is 33.5 Å². The third kappa shape index (κ3) is 2.90. The zero-order valence-electron chi connectivity index (χ0n) is 12.8. The molecule has 0 bridgehead atoms. The van der Waals surface area contributed by atoms with Gasteiger partial charge in [-0.25, -0.2) is 0 Å². The largest absolute Gasteiger partial charge is 0.322 e. The van der Waals surface area contributed by atoms with Crippen LogP contribution >= 0.6 is 0 Å². The Morgan fingerprint density at radius 2 is 1.45 bits per heavy atom. The van der Waals surface area contributed by atoms with Crippen LogP contribution in [-0.2, 0) is 0 Å². The quantitative estimate of drug-likeness (QED) is 0.854. The van der Waals surface area contributed by atoms with Crippen molar-refractivity contribution < 1.29 is 4.79 Å². The number of amides is 1. The second kappa shape index (κ2) is 5.49. The predicted octanol–water partition coefficient (Wildman–Crippen LogP) is 4.48. The van der Waals surface area contributed by atoms with Crippen LogP contribution in [0.1, 0.15) is 38.2 Å². The van der Waals surface area contributed by atoms with Gasteiger partial charge in [-0.05, 0) is 74.6 Å². The molecule has 0 aromatic heterocycles. The third-order valence-corrected chi connectivity index (χ3v) is 3.73. The summed E-state index contributed by atoms with van der Waals surface area (Å²) in [7, 11) is 0. The van der Waals surface area contributed by atoms with Gasteiger partial charge in [0, 0.05) is 11.3 Å². The van der Waals surface area contributed by atoms with Crippen LogP contribution in [0.4, 0.5) is 5.69 Å². The smallest absolute Gasteiger partial charge is 0.255 e. The molecule has 1 N–H and O–H groups in total. The Kier molecular flexibility index (Phi) is 3.93. The SMILES string of the molecule is Cc1ccc(C)c(NC(=O)c2cc(C)c(C)cc2C)c1. The van der Waals surface area contributed by atoms with E-state index in [0.29, 0.717) is 0 Å². The number of anilines is 1. The summed E-state index contributed by atoms with van der Waals surface area (Å²) in [5, 5.41) is 3.02. The zero-order valence-corrected chi connectivity index (χ0v) is 12.8. The van der Waals surface area contributed by atoms with E-state index in [1.807, 2.05) is 52.0 Å². The van der Waals surface area contributed by atoms with E-state index in [2.05, 4.69) is 18.3 Å². The van der Waals surface area contributed by atoms with Crippen molar-refractivity contribution in [2.75, 3.05) is 5.32 Å². The molecule has 0 fully saturated rings. The molecule has 0 unspecified atom stereocenters. The van der Waals surface area contributed by atoms with Crippen molar-refractivity contribution in [1.82, 2.24) is 0 Å². The normalized spacial score (nSPS) is 10.4. The highest BCUT2D eigenvalue weighted by molar-refractivity contribution is 6.05. The minimum absolute atomic E-state index is 0.0423. The van der Waals surface area contributed by atoms with E-state index in [1.165, 1.54) is 5.56 Å². The number of carbonyl (C=O) groups is 1. The lowest BCUT2D eigenvalue weighted by atomic mass is 10.00. The summed E-state index contributed by atoms with van der Waals surface area (Å²) >= 11 is 0. The number of carbonyl (C=O) groups excluding carboxylic acids is 1. The average Bonchev–Trinajstić information content (AvgIpc) is 2.38. The lowest BCUT2D eigenvalue weighted by Gasteiger charge is -2.12. The lowest BCUT2D eigenvalue weighted by molar-refractivity contribution is 0.102. The number of aryl methyl sites for hydroxylation is 5. The maximum atomic E-state index is 12.5. The van der Waals surface area contributed by atoms with Crippen molar-refractivity contribution in [2.45, 2.75) is 34.6 Å². The van der Waals surface area contributed by atoms with Gasteiger partial charge in [0.05, 0.1) is 0 Å². The molecule has 0 saturated heterocycles. The van der Waals surface area contributed by atoms with E-state index in [9.17, 15) is 4.79 Å². The first-order chi connectivity index (χ1) is 9.38. The van der Waals surface area contributed by atoms with Gasteiger partial charge in [0.15, 0.2) is 0 Å². The highest BCUT2D eigenvalue weighted by atomic mass is 16.1. The van der Waals surface area contributed by atoms with Crippen LogP contribution in [0.2, 0.25) is 0 Å². The number of nitrogens with one attached hydrogen (secondary N) is 1. The molecule has 0 radical (unpaired) electrons. The Labute approximate surface area is 120 Å². The maximum Gasteiger partial charge on any atom is 0.255 e. The van der Waals surface area contributed by atoms with Crippen LogP contribution in [0.15, 0.2) is 30.3 Å². The Bertz CT molecular complexity index is 671. The molecule has 2 rings (SSSR count). The lowest BCUT2D eigenvalue weighted by Crippen LogP contribution is -2.14. The van der Waals surface area contributed by atoms with Gasteiger partial charge in [-0.1, -0.05) is 18.2 Å². The Morgan fingerprint density at radius 1 is 0.800 bits per heavy atom. The van der Waals surface area contributed by atoms with Crippen molar-refractivity contribution in [3.63, 3.8) is 0 Å². The van der Waals surface area contributed by atoms with Crippen molar-refractivity contribution in [3.05, 3.63) is 63.7 Å². The van der Waals surface area contributed by atoms with E-state index >= 15 is 0 Å². The van der Waals surface area contributed by atoms with Gasteiger partial charge >= 0.3 is 0 Å². The Balaban J connectivity index is 2.33. The summed E-state index contributed by atoms with van der Waals surface area (Å²) in [6.07, 6.45) is 0. The molecule has 0 saturated carbocycles. The molecule has 2 aromatic carbocycles. The van der Waals surface area contributed by atoms with Gasteiger partial charge in [-0.2, -0.15) is 0 Å². The van der Waals surface area contributed by atoms with E-state index < -0.39 is 0 Å². The first kappa shape index (κ1) is 14.3. The van der Waals surface area contributed by atoms with Crippen LogP contribution in [0.25, 0.3) is 0 Å². The number of rotatable bonds is 2. The van der Waals surface area contributed by atoms with Crippen LogP contribution in [-0.4, -0.2) is 5.91 Å². The van der Waals surface area contributed by atoms with Gasteiger partial charge in [0.1, 0.15) is 0 Å². The Morgan fingerprint density at radius 3 is 2.15 bits per heavy atom. The van der Waals surface area contributed by atoms with Crippen molar-refractivity contribution in [2.24, 2.45) is 0 Å². The van der Waals surface area contributed by atoms with Crippen molar-refractivity contribution in [3.8, 4) is 0 Å². The fourth-order valence-corrected chi connectivity index (χ4v) is 2.27. The first-order valence-corrected chi connectivity index (χ1v) is 6.85. The highest BCUT2D eigenvalue weighted by Gasteiger charge is 2.12. The van der Waals surface area contributed by atoms with Crippen molar-refractivity contribution >= 4 is 11.6 Å². The standard InChI is InChI=1S/C18H21NO/c1-11-6-7-12(2)17(8-11)19-18(20)16-10-14(4)13(3)9-15(16)5/h6-10H,1-5H3,(H,19,20). The molecular formula is C18H21NO. The van der Waals surface area contributed by atoms with Gasteiger partial charge in [0.2, 0.25) is 0 Å². The van der Waals surface area contributed by atoms with E-state index in [4.69, 9.17) is 0 Å². The van der Waals surface area contributed by atoms with Gasteiger partial charge in [-0.3, -0.25) is 4.79 Å². The molecule has 1 amide bonds. The summed E-state index contributed by atoms with van der Waals surface area (Å²) in [5.74, 6) is -0.0423. The molecule has 0 heterocycles. The molecular weight excluding hydrogens is 246 g/mol. The molecule has 2 aromatic rings. The second-order valence-corrected chi connectivity index (χ2v) is 5.52. The summed E-state index contributed by atoms with van der Waals surface area (Å²) in [6, 6.07) is 10.1.